The van der Waals surface area contributed by atoms with Crippen LogP contribution in [0, 0.1) is 0 Å². The van der Waals surface area contributed by atoms with Gasteiger partial charge in [-0.1, -0.05) is 231 Å². The second kappa shape index (κ2) is 18.3. The van der Waals surface area contributed by atoms with Crippen molar-refractivity contribution < 1.29 is 0 Å². The van der Waals surface area contributed by atoms with Gasteiger partial charge in [-0.3, -0.25) is 0 Å². The average Bonchev–Trinajstić information content (AvgIpc) is 3.38. The quantitative estimate of drug-likeness (QED) is 0.119. The number of hydrogen-bond donors (Lipinski definition) is 0. The Morgan fingerprint density at radius 3 is 1.14 bits per heavy atom. The van der Waals surface area contributed by atoms with E-state index in [-0.39, 0.29) is 5.92 Å². The van der Waals surface area contributed by atoms with E-state index in [4.69, 9.17) is 0 Å². The zero-order chi connectivity index (χ0) is 42.2. The normalized spacial score (nSPS) is 11.5. The highest BCUT2D eigenvalue weighted by molar-refractivity contribution is 5.89. The van der Waals surface area contributed by atoms with Gasteiger partial charge in [0.05, 0.1) is 0 Å². The number of hydrogen-bond acceptors (Lipinski definition) is 1. The van der Waals surface area contributed by atoms with Gasteiger partial charge in [0.2, 0.25) is 0 Å². The molecule has 0 aromatic heterocycles. The summed E-state index contributed by atoms with van der Waals surface area (Å²) in [5.41, 5.74) is 19.4. The molecule has 0 aliphatic rings. The van der Waals surface area contributed by atoms with Gasteiger partial charge in [-0.2, -0.15) is 0 Å². The lowest BCUT2D eigenvalue weighted by atomic mass is 9.85. The molecule has 300 valence electrons. The molecule has 0 fully saturated rings. The highest BCUT2D eigenvalue weighted by Gasteiger charge is 2.18. The van der Waals surface area contributed by atoms with E-state index in [9.17, 15) is 0 Å². The molecule has 10 aromatic rings. The fourth-order valence-corrected chi connectivity index (χ4v) is 8.80. The average molecular weight is 806 g/mol. The molecule has 63 heavy (non-hydrogen) atoms. The number of nitrogens with zero attached hydrogens (tertiary/aromatic N) is 1. The van der Waals surface area contributed by atoms with Gasteiger partial charge in [0.1, 0.15) is 0 Å². The van der Waals surface area contributed by atoms with Crippen LogP contribution in [0.3, 0.4) is 0 Å². The van der Waals surface area contributed by atoms with Gasteiger partial charge >= 0.3 is 0 Å². The third-order valence-corrected chi connectivity index (χ3v) is 12.1. The van der Waals surface area contributed by atoms with Crippen molar-refractivity contribution in [2.24, 2.45) is 0 Å². The molecule has 10 rings (SSSR count). The SMILES string of the molecule is c1ccc(-c2ccc(C(Cc3ccc(-c4ccc(-c5ccc(N(c6ccccc6)c6ccc(-c7ccccc7)cc6)cc5-c5ccccc5)cc4)cc3)c3ccccc3)cc2)cc1. The Labute approximate surface area is 371 Å². The van der Waals surface area contributed by atoms with E-state index in [1.54, 1.807) is 0 Å². The van der Waals surface area contributed by atoms with Crippen LogP contribution in [0.1, 0.15) is 22.6 Å². The van der Waals surface area contributed by atoms with Crippen LogP contribution in [-0.2, 0) is 6.42 Å². The molecule has 1 unspecified atom stereocenters. The molecular formula is C62H47N. The van der Waals surface area contributed by atoms with Gasteiger partial charge in [0.25, 0.3) is 0 Å². The van der Waals surface area contributed by atoms with Crippen molar-refractivity contribution in [3.05, 3.63) is 284 Å². The largest absolute Gasteiger partial charge is 0.310 e. The summed E-state index contributed by atoms with van der Waals surface area (Å²) in [5, 5.41) is 0. The monoisotopic (exact) mass is 805 g/mol. The van der Waals surface area contributed by atoms with Gasteiger partial charge in [0.15, 0.2) is 0 Å². The number of para-hydroxylation sites is 1. The molecule has 0 amide bonds. The third kappa shape index (κ3) is 8.77. The first kappa shape index (κ1) is 39.2. The number of benzene rings is 10. The van der Waals surface area contributed by atoms with Crippen molar-refractivity contribution in [3.8, 4) is 55.6 Å². The highest BCUT2D eigenvalue weighted by atomic mass is 15.1. The molecule has 0 saturated heterocycles. The number of anilines is 3. The molecule has 0 spiro atoms. The Balaban J connectivity index is 0.929. The summed E-state index contributed by atoms with van der Waals surface area (Å²) >= 11 is 0. The first-order valence-electron chi connectivity index (χ1n) is 21.8. The van der Waals surface area contributed by atoms with Crippen LogP contribution < -0.4 is 4.90 Å². The van der Waals surface area contributed by atoms with E-state index >= 15 is 0 Å². The van der Waals surface area contributed by atoms with E-state index in [1.807, 2.05) is 0 Å². The summed E-state index contributed by atoms with van der Waals surface area (Å²) in [6.07, 6.45) is 0.923. The first-order chi connectivity index (χ1) is 31.2. The minimum Gasteiger partial charge on any atom is -0.310 e. The second-order valence-corrected chi connectivity index (χ2v) is 16.1. The molecule has 0 aliphatic carbocycles. The molecule has 0 radical (unpaired) electrons. The molecule has 1 atom stereocenters. The van der Waals surface area contributed by atoms with Crippen molar-refractivity contribution in [2.45, 2.75) is 12.3 Å². The summed E-state index contributed by atoms with van der Waals surface area (Å²) in [7, 11) is 0. The van der Waals surface area contributed by atoms with Crippen LogP contribution in [0.15, 0.2) is 267 Å². The van der Waals surface area contributed by atoms with Crippen LogP contribution >= 0.6 is 0 Å². The zero-order valence-electron chi connectivity index (χ0n) is 35.1. The van der Waals surface area contributed by atoms with E-state index in [2.05, 4.69) is 272 Å². The summed E-state index contributed by atoms with van der Waals surface area (Å²) in [4.78, 5) is 2.35. The van der Waals surface area contributed by atoms with Crippen LogP contribution in [-0.4, -0.2) is 0 Å². The molecule has 0 N–H and O–H groups in total. The third-order valence-electron chi connectivity index (χ3n) is 12.1. The van der Waals surface area contributed by atoms with Crippen LogP contribution in [0.25, 0.3) is 55.6 Å². The highest BCUT2D eigenvalue weighted by Crippen LogP contribution is 2.41. The van der Waals surface area contributed by atoms with E-state index in [0.717, 1.165) is 23.5 Å². The van der Waals surface area contributed by atoms with Crippen molar-refractivity contribution in [2.75, 3.05) is 4.90 Å². The summed E-state index contributed by atoms with van der Waals surface area (Å²) < 4.78 is 0. The lowest BCUT2D eigenvalue weighted by molar-refractivity contribution is 0.805. The predicted molar refractivity (Wildman–Crippen MR) is 267 cm³/mol. The molecule has 0 saturated carbocycles. The molecule has 10 aromatic carbocycles. The Bertz CT molecular complexity index is 3000. The van der Waals surface area contributed by atoms with E-state index < -0.39 is 0 Å². The minimum atomic E-state index is 0.256. The topological polar surface area (TPSA) is 3.24 Å². The van der Waals surface area contributed by atoms with Crippen LogP contribution in [0.4, 0.5) is 17.1 Å². The summed E-state index contributed by atoms with van der Waals surface area (Å²) in [5.74, 6) is 0.256. The maximum Gasteiger partial charge on any atom is 0.0468 e. The lowest BCUT2D eigenvalue weighted by Gasteiger charge is -2.27. The molecule has 0 aliphatic heterocycles. The van der Waals surface area contributed by atoms with Gasteiger partial charge < -0.3 is 4.90 Å². The Morgan fingerprint density at radius 2 is 0.603 bits per heavy atom. The Hall–Kier alpha value is -8.00. The fourth-order valence-electron chi connectivity index (χ4n) is 8.80. The number of rotatable bonds is 12. The maximum absolute atomic E-state index is 2.35. The Kier molecular flexibility index (Phi) is 11.4. The first-order valence-corrected chi connectivity index (χ1v) is 21.8. The van der Waals surface area contributed by atoms with Crippen LogP contribution in [0.5, 0.6) is 0 Å². The van der Waals surface area contributed by atoms with Crippen molar-refractivity contribution >= 4 is 17.1 Å². The molecule has 1 nitrogen and oxygen atoms in total. The van der Waals surface area contributed by atoms with Crippen molar-refractivity contribution in [3.63, 3.8) is 0 Å². The van der Waals surface area contributed by atoms with E-state index in [1.165, 1.54) is 72.3 Å². The smallest absolute Gasteiger partial charge is 0.0468 e. The fraction of sp³-hybridized carbons (Fsp3) is 0.0323. The maximum atomic E-state index is 2.35. The van der Waals surface area contributed by atoms with Crippen molar-refractivity contribution in [1.29, 1.82) is 0 Å². The molecule has 1 heteroatoms. The Morgan fingerprint density at radius 1 is 0.254 bits per heavy atom. The standard InChI is InChI=1S/C62H47N/c1-6-16-47(17-7-1)50-32-36-56(37-33-50)61(53-20-10-3-11-21-53)44-46-26-28-49(29-27-46)51-30-34-55(35-31-51)60-43-42-59(45-62(60)54-22-12-4-13-23-54)63(57-24-14-5-15-25-57)58-40-38-52(39-41-58)48-18-8-2-9-19-48/h1-43,45,61H,44H2. The van der Waals surface area contributed by atoms with Gasteiger partial charge in [-0.15, -0.1) is 0 Å². The molecule has 0 heterocycles. The lowest BCUT2D eigenvalue weighted by Crippen LogP contribution is -2.10. The van der Waals surface area contributed by atoms with Gasteiger partial charge in [-0.05, 0) is 115 Å². The predicted octanol–water partition coefficient (Wildman–Crippen LogP) is 16.9. The minimum absolute atomic E-state index is 0.256. The second-order valence-electron chi connectivity index (χ2n) is 16.1. The van der Waals surface area contributed by atoms with Crippen molar-refractivity contribution in [1.82, 2.24) is 0 Å². The molecular weight excluding hydrogens is 759 g/mol. The van der Waals surface area contributed by atoms with E-state index in [0.29, 0.717) is 0 Å². The summed E-state index contributed by atoms with van der Waals surface area (Å²) in [6.45, 7) is 0. The van der Waals surface area contributed by atoms with Crippen LogP contribution in [0.2, 0.25) is 0 Å². The zero-order valence-corrected chi connectivity index (χ0v) is 35.1. The summed E-state index contributed by atoms with van der Waals surface area (Å²) in [6, 6.07) is 96.6. The van der Waals surface area contributed by atoms with Gasteiger partial charge in [-0.25, -0.2) is 0 Å². The molecule has 0 bridgehead atoms. The van der Waals surface area contributed by atoms with Gasteiger partial charge in [0, 0.05) is 23.0 Å².